The van der Waals surface area contributed by atoms with E-state index in [0.29, 0.717) is 11.3 Å². The number of nitriles is 1. The summed E-state index contributed by atoms with van der Waals surface area (Å²) >= 11 is 0. The lowest BCUT2D eigenvalue weighted by molar-refractivity contribution is 0.102. The van der Waals surface area contributed by atoms with Crippen molar-refractivity contribution in [1.29, 1.82) is 5.26 Å². The number of halogens is 1. The van der Waals surface area contributed by atoms with Crippen LogP contribution in [0.2, 0.25) is 0 Å². The number of rotatable bonds is 3. The van der Waals surface area contributed by atoms with Crippen molar-refractivity contribution in [2.75, 3.05) is 17.7 Å². The Kier molecular flexibility index (Phi) is 3.96. The van der Waals surface area contributed by atoms with Crippen molar-refractivity contribution in [3.05, 3.63) is 59.4 Å². The zero-order chi connectivity index (χ0) is 14.5. The molecule has 20 heavy (non-hydrogen) atoms. The number of hydrogen-bond acceptors (Lipinski definition) is 3. The molecule has 0 spiro atoms. The molecule has 5 heteroatoms. The molecule has 2 aromatic rings. The number of hydrogen-bond donors (Lipinski definition) is 2. The third-order valence-electron chi connectivity index (χ3n) is 2.78. The van der Waals surface area contributed by atoms with E-state index in [9.17, 15) is 9.18 Å². The second-order valence-corrected chi connectivity index (χ2v) is 4.06. The smallest absolute Gasteiger partial charge is 0.257 e. The standard InChI is InChI=1S/C15H12FN3O/c1-18-14-12(3-2-4-13(14)16)15(20)19-11-7-5-10(9-17)6-8-11/h2-8,18H,1H3,(H,19,20). The molecule has 0 aromatic heterocycles. The van der Waals surface area contributed by atoms with E-state index in [2.05, 4.69) is 10.6 Å². The Labute approximate surface area is 115 Å². The van der Waals surface area contributed by atoms with Gasteiger partial charge in [0.15, 0.2) is 0 Å². The zero-order valence-electron chi connectivity index (χ0n) is 10.8. The SMILES string of the molecule is CNc1c(F)cccc1C(=O)Nc1ccc(C#N)cc1. The molecule has 0 saturated carbocycles. The number of amides is 1. The van der Waals surface area contributed by atoms with Crippen LogP contribution in [-0.4, -0.2) is 13.0 Å². The fourth-order valence-electron chi connectivity index (χ4n) is 1.79. The summed E-state index contributed by atoms with van der Waals surface area (Å²) < 4.78 is 13.6. The quantitative estimate of drug-likeness (QED) is 0.900. The lowest BCUT2D eigenvalue weighted by atomic mass is 10.1. The third kappa shape index (κ3) is 2.75. The number of nitrogens with one attached hydrogen (secondary N) is 2. The minimum absolute atomic E-state index is 0.152. The molecule has 100 valence electrons. The van der Waals surface area contributed by atoms with Gasteiger partial charge in [-0.2, -0.15) is 5.26 Å². The van der Waals surface area contributed by atoms with E-state index in [0.717, 1.165) is 0 Å². The maximum Gasteiger partial charge on any atom is 0.257 e. The van der Waals surface area contributed by atoms with Gasteiger partial charge >= 0.3 is 0 Å². The monoisotopic (exact) mass is 269 g/mol. The van der Waals surface area contributed by atoms with E-state index in [1.54, 1.807) is 31.3 Å². The molecular formula is C15H12FN3O. The molecular weight excluding hydrogens is 257 g/mol. The van der Waals surface area contributed by atoms with E-state index in [1.165, 1.54) is 18.2 Å². The second-order valence-electron chi connectivity index (χ2n) is 4.06. The number of carbonyl (C=O) groups is 1. The van der Waals surface area contributed by atoms with Crippen LogP contribution < -0.4 is 10.6 Å². The predicted octanol–water partition coefficient (Wildman–Crippen LogP) is 2.99. The minimum atomic E-state index is -0.486. The fourth-order valence-corrected chi connectivity index (χ4v) is 1.79. The zero-order valence-corrected chi connectivity index (χ0v) is 10.8. The molecule has 0 unspecified atom stereocenters. The van der Waals surface area contributed by atoms with Crippen LogP contribution in [0.1, 0.15) is 15.9 Å². The largest absolute Gasteiger partial charge is 0.385 e. The van der Waals surface area contributed by atoms with Gasteiger partial charge in [0.05, 0.1) is 22.9 Å². The van der Waals surface area contributed by atoms with Crippen molar-refractivity contribution in [2.24, 2.45) is 0 Å². The molecule has 2 N–H and O–H groups in total. The van der Waals surface area contributed by atoms with Gasteiger partial charge in [-0.15, -0.1) is 0 Å². The van der Waals surface area contributed by atoms with Crippen molar-refractivity contribution in [3.63, 3.8) is 0 Å². The Hall–Kier alpha value is -2.87. The van der Waals surface area contributed by atoms with Crippen LogP contribution in [0.3, 0.4) is 0 Å². The molecule has 0 atom stereocenters. The molecule has 0 aliphatic carbocycles. The molecule has 0 aliphatic heterocycles. The predicted molar refractivity (Wildman–Crippen MR) is 75.1 cm³/mol. The minimum Gasteiger partial charge on any atom is -0.385 e. The number of benzene rings is 2. The molecule has 2 aromatic carbocycles. The average molecular weight is 269 g/mol. The fraction of sp³-hybridized carbons (Fsp3) is 0.0667. The van der Waals surface area contributed by atoms with Gasteiger partial charge in [-0.1, -0.05) is 6.07 Å². The maximum absolute atomic E-state index is 13.6. The Morgan fingerprint density at radius 1 is 1.20 bits per heavy atom. The molecule has 0 saturated heterocycles. The van der Waals surface area contributed by atoms with E-state index >= 15 is 0 Å². The molecule has 2 rings (SSSR count). The van der Waals surface area contributed by atoms with Crippen LogP contribution in [0.15, 0.2) is 42.5 Å². The van der Waals surface area contributed by atoms with Crippen molar-refractivity contribution in [1.82, 2.24) is 0 Å². The lowest BCUT2D eigenvalue weighted by Gasteiger charge is -2.10. The van der Waals surface area contributed by atoms with E-state index in [-0.39, 0.29) is 11.3 Å². The third-order valence-corrected chi connectivity index (χ3v) is 2.78. The molecule has 0 aliphatic rings. The second kappa shape index (κ2) is 5.85. The van der Waals surface area contributed by atoms with Gasteiger partial charge in [-0.05, 0) is 36.4 Å². The van der Waals surface area contributed by atoms with Gasteiger partial charge in [0.1, 0.15) is 5.82 Å². The van der Waals surface area contributed by atoms with E-state index < -0.39 is 11.7 Å². The van der Waals surface area contributed by atoms with Gasteiger partial charge in [0.25, 0.3) is 5.91 Å². The number of anilines is 2. The first-order valence-corrected chi connectivity index (χ1v) is 5.93. The van der Waals surface area contributed by atoms with Crippen LogP contribution in [-0.2, 0) is 0 Å². The van der Waals surface area contributed by atoms with Gasteiger partial charge in [0.2, 0.25) is 0 Å². The van der Waals surface area contributed by atoms with Crippen LogP contribution in [0.5, 0.6) is 0 Å². The first-order chi connectivity index (χ1) is 9.65. The highest BCUT2D eigenvalue weighted by molar-refractivity contribution is 6.08. The topological polar surface area (TPSA) is 64.9 Å². The Morgan fingerprint density at radius 3 is 2.50 bits per heavy atom. The highest BCUT2D eigenvalue weighted by Gasteiger charge is 2.14. The Balaban J connectivity index is 2.24. The Morgan fingerprint density at radius 2 is 1.90 bits per heavy atom. The van der Waals surface area contributed by atoms with Gasteiger partial charge in [0, 0.05) is 12.7 Å². The first kappa shape index (κ1) is 13.6. The highest BCUT2D eigenvalue weighted by Crippen LogP contribution is 2.20. The summed E-state index contributed by atoms with van der Waals surface area (Å²) in [7, 11) is 1.55. The van der Waals surface area contributed by atoms with Crippen molar-refractivity contribution >= 4 is 17.3 Å². The van der Waals surface area contributed by atoms with Gasteiger partial charge in [-0.3, -0.25) is 4.79 Å². The summed E-state index contributed by atoms with van der Waals surface area (Å²) in [6.45, 7) is 0. The summed E-state index contributed by atoms with van der Waals surface area (Å²) in [5.74, 6) is -0.904. The average Bonchev–Trinajstić information content (AvgIpc) is 2.47. The summed E-state index contributed by atoms with van der Waals surface area (Å²) in [6, 6.07) is 12.7. The summed E-state index contributed by atoms with van der Waals surface area (Å²) in [5.41, 5.74) is 1.42. The number of para-hydroxylation sites is 1. The number of carbonyl (C=O) groups excluding carboxylic acids is 1. The molecule has 0 heterocycles. The number of nitrogens with zero attached hydrogens (tertiary/aromatic N) is 1. The molecule has 0 radical (unpaired) electrons. The lowest BCUT2D eigenvalue weighted by Crippen LogP contribution is -2.14. The molecule has 4 nitrogen and oxygen atoms in total. The highest BCUT2D eigenvalue weighted by atomic mass is 19.1. The van der Waals surface area contributed by atoms with Crippen LogP contribution in [0, 0.1) is 17.1 Å². The van der Waals surface area contributed by atoms with E-state index in [4.69, 9.17) is 5.26 Å². The van der Waals surface area contributed by atoms with Crippen molar-refractivity contribution < 1.29 is 9.18 Å². The molecule has 0 fully saturated rings. The summed E-state index contributed by atoms with van der Waals surface area (Å²) in [6.07, 6.45) is 0. The molecule has 0 bridgehead atoms. The van der Waals surface area contributed by atoms with Crippen LogP contribution >= 0.6 is 0 Å². The van der Waals surface area contributed by atoms with Gasteiger partial charge in [-0.25, -0.2) is 4.39 Å². The first-order valence-electron chi connectivity index (χ1n) is 5.93. The van der Waals surface area contributed by atoms with Crippen molar-refractivity contribution in [3.8, 4) is 6.07 Å². The normalized spacial score (nSPS) is 9.65. The van der Waals surface area contributed by atoms with Crippen molar-refractivity contribution in [2.45, 2.75) is 0 Å². The Bertz CT molecular complexity index is 675. The maximum atomic E-state index is 13.6. The van der Waals surface area contributed by atoms with Gasteiger partial charge < -0.3 is 10.6 Å². The summed E-state index contributed by atoms with van der Waals surface area (Å²) in [4.78, 5) is 12.1. The molecule has 1 amide bonds. The van der Waals surface area contributed by atoms with Crippen LogP contribution in [0.4, 0.5) is 15.8 Å². The van der Waals surface area contributed by atoms with E-state index in [1.807, 2.05) is 6.07 Å². The van der Waals surface area contributed by atoms with Crippen LogP contribution in [0.25, 0.3) is 0 Å². The summed E-state index contributed by atoms with van der Waals surface area (Å²) in [5, 5.41) is 14.0.